The van der Waals surface area contributed by atoms with Gasteiger partial charge in [0, 0.05) is 11.8 Å². The van der Waals surface area contributed by atoms with E-state index in [2.05, 4.69) is 21.1 Å². The summed E-state index contributed by atoms with van der Waals surface area (Å²) in [7, 11) is 1.59. The molecular formula is C21H21N5O4. The molecule has 0 spiro atoms. The van der Waals surface area contributed by atoms with E-state index in [1.165, 1.54) is 16.8 Å². The monoisotopic (exact) mass is 407 g/mol. The number of hydroxylamine groups is 1. The quantitative estimate of drug-likeness (QED) is 0.416. The van der Waals surface area contributed by atoms with Gasteiger partial charge in [0.05, 0.1) is 19.9 Å². The Morgan fingerprint density at radius 2 is 1.87 bits per heavy atom. The van der Waals surface area contributed by atoms with Crippen molar-refractivity contribution in [2.45, 2.75) is 13.2 Å². The number of hydrogen-bond acceptors (Lipinski definition) is 6. The van der Waals surface area contributed by atoms with E-state index in [0.717, 1.165) is 11.3 Å². The lowest BCUT2D eigenvalue weighted by atomic mass is 10.2. The second kappa shape index (κ2) is 10.5. The minimum absolute atomic E-state index is 0.00685. The number of carbonyl (C=O) groups excluding carboxylic acids is 2. The van der Waals surface area contributed by atoms with Crippen LogP contribution in [0.4, 0.5) is 5.69 Å². The molecule has 0 unspecified atom stereocenters. The molecule has 154 valence electrons. The predicted molar refractivity (Wildman–Crippen MR) is 110 cm³/mol. The van der Waals surface area contributed by atoms with Crippen molar-refractivity contribution in [3.8, 4) is 5.75 Å². The summed E-state index contributed by atoms with van der Waals surface area (Å²) in [5.41, 5.74) is 4.35. The molecule has 0 radical (unpaired) electrons. The summed E-state index contributed by atoms with van der Waals surface area (Å²) in [5, 5.41) is 10.5. The molecule has 9 nitrogen and oxygen atoms in total. The maximum absolute atomic E-state index is 12.0. The molecule has 0 aliphatic rings. The number of rotatable bonds is 9. The predicted octanol–water partition coefficient (Wildman–Crippen LogP) is 2.19. The molecule has 2 aromatic carbocycles. The fourth-order valence-electron chi connectivity index (χ4n) is 2.44. The number of ether oxygens (including phenoxy) is 1. The number of amides is 2. The summed E-state index contributed by atoms with van der Waals surface area (Å²) in [6.07, 6.45) is 4.31. The Kier molecular flexibility index (Phi) is 7.28. The summed E-state index contributed by atoms with van der Waals surface area (Å²) in [4.78, 5) is 29.0. The third kappa shape index (κ3) is 6.57. The molecule has 0 atom stereocenters. The Morgan fingerprint density at radius 1 is 1.10 bits per heavy atom. The molecule has 3 aromatic rings. The van der Waals surface area contributed by atoms with Crippen molar-refractivity contribution in [3.05, 3.63) is 78.1 Å². The molecular weight excluding hydrogens is 386 g/mol. The summed E-state index contributed by atoms with van der Waals surface area (Å²) in [6, 6.07) is 16.4. The maximum Gasteiger partial charge on any atom is 0.267 e. The van der Waals surface area contributed by atoms with Crippen molar-refractivity contribution in [1.82, 2.24) is 20.5 Å². The van der Waals surface area contributed by atoms with Crippen LogP contribution in [0.15, 0.2) is 66.9 Å². The SMILES string of the molecule is COc1ccc(CONC(=O)/C=C/c2cn(CC(=O)Nc3ccccc3)nn2)cc1. The summed E-state index contributed by atoms with van der Waals surface area (Å²) in [5.74, 6) is 0.0718. The highest BCUT2D eigenvalue weighted by Crippen LogP contribution is 2.11. The van der Waals surface area contributed by atoms with Crippen LogP contribution in [0.3, 0.4) is 0 Å². The number of anilines is 1. The smallest absolute Gasteiger partial charge is 0.267 e. The van der Waals surface area contributed by atoms with E-state index in [-0.39, 0.29) is 19.1 Å². The lowest BCUT2D eigenvalue weighted by Crippen LogP contribution is -2.21. The first-order valence-corrected chi connectivity index (χ1v) is 9.10. The molecule has 0 aliphatic heterocycles. The molecule has 0 aliphatic carbocycles. The number of nitrogens with zero attached hydrogens (tertiary/aromatic N) is 3. The number of nitrogens with one attached hydrogen (secondary N) is 2. The van der Waals surface area contributed by atoms with Gasteiger partial charge in [0.15, 0.2) is 0 Å². The molecule has 2 amide bonds. The third-order valence-electron chi connectivity index (χ3n) is 3.90. The molecule has 2 N–H and O–H groups in total. The van der Waals surface area contributed by atoms with Crippen molar-refractivity contribution in [2.75, 3.05) is 12.4 Å². The number of benzene rings is 2. The van der Waals surface area contributed by atoms with E-state index in [4.69, 9.17) is 9.57 Å². The largest absolute Gasteiger partial charge is 0.497 e. The number of carbonyl (C=O) groups is 2. The normalized spacial score (nSPS) is 10.7. The summed E-state index contributed by atoms with van der Waals surface area (Å²) in [6.45, 7) is 0.225. The van der Waals surface area contributed by atoms with Gasteiger partial charge < -0.3 is 10.1 Å². The van der Waals surface area contributed by atoms with Gasteiger partial charge in [-0.25, -0.2) is 10.2 Å². The Balaban J connectivity index is 1.41. The highest BCUT2D eigenvalue weighted by molar-refractivity contribution is 5.91. The van der Waals surface area contributed by atoms with Gasteiger partial charge >= 0.3 is 0 Å². The zero-order valence-electron chi connectivity index (χ0n) is 16.3. The molecule has 0 saturated heterocycles. The number of aromatic nitrogens is 3. The first-order chi connectivity index (χ1) is 14.6. The summed E-state index contributed by atoms with van der Waals surface area (Å²) < 4.78 is 6.47. The molecule has 1 aromatic heterocycles. The van der Waals surface area contributed by atoms with Crippen LogP contribution in [0.25, 0.3) is 6.08 Å². The van der Waals surface area contributed by atoms with Crippen molar-refractivity contribution in [2.24, 2.45) is 0 Å². The first kappa shape index (κ1) is 20.7. The summed E-state index contributed by atoms with van der Waals surface area (Å²) >= 11 is 0. The van der Waals surface area contributed by atoms with Crippen LogP contribution >= 0.6 is 0 Å². The van der Waals surface area contributed by atoms with E-state index >= 15 is 0 Å². The van der Waals surface area contributed by atoms with Crippen LogP contribution in [0, 0.1) is 0 Å². The average Bonchev–Trinajstić information content (AvgIpc) is 3.20. The molecule has 9 heteroatoms. The van der Waals surface area contributed by atoms with E-state index in [9.17, 15) is 9.59 Å². The molecule has 0 saturated carbocycles. The minimum Gasteiger partial charge on any atom is -0.497 e. The highest BCUT2D eigenvalue weighted by Gasteiger charge is 2.06. The zero-order chi connectivity index (χ0) is 21.2. The number of para-hydroxylation sites is 1. The molecule has 1 heterocycles. The first-order valence-electron chi connectivity index (χ1n) is 9.10. The van der Waals surface area contributed by atoms with Crippen molar-refractivity contribution >= 4 is 23.6 Å². The van der Waals surface area contributed by atoms with Crippen LogP contribution in [-0.4, -0.2) is 33.9 Å². The zero-order valence-corrected chi connectivity index (χ0v) is 16.3. The van der Waals surface area contributed by atoms with Gasteiger partial charge in [0.1, 0.15) is 18.0 Å². The number of hydrogen-bond donors (Lipinski definition) is 2. The fourth-order valence-corrected chi connectivity index (χ4v) is 2.44. The van der Waals surface area contributed by atoms with Gasteiger partial charge in [-0.1, -0.05) is 35.5 Å². The average molecular weight is 407 g/mol. The topological polar surface area (TPSA) is 107 Å². The Hall–Kier alpha value is -3.98. The van der Waals surface area contributed by atoms with E-state index in [1.54, 1.807) is 25.4 Å². The van der Waals surface area contributed by atoms with Crippen LogP contribution in [0.5, 0.6) is 5.75 Å². The second-order valence-corrected chi connectivity index (χ2v) is 6.19. The van der Waals surface area contributed by atoms with E-state index < -0.39 is 5.91 Å². The van der Waals surface area contributed by atoms with Crippen LogP contribution in [0.1, 0.15) is 11.3 Å². The standard InChI is InChI=1S/C21H21N5O4/c1-29-19-10-7-16(8-11-19)15-30-24-20(27)12-9-18-13-26(25-23-18)14-21(28)22-17-5-3-2-4-6-17/h2-13H,14-15H2,1H3,(H,22,28)(H,24,27)/b12-9+. The third-order valence-corrected chi connectivity index (χ3v) is 3.90. The molecule has 0 bridgehead atoms. The Morgan fingerprint density at radius 3 is 2.60 bits per heavy atom. The second-order valence-electron chi connectivity index (χ2n) is 6.19. The van der Waals surface area contributed by atoms with Gasteiger partial charge in [-0.2, -0.15) is 0 Å². The Labute approximate surface area is 173 Å². The van der Waals surface area contributed by atoms with Crippen LogP contribution in [0.2, 0.25) is 0 Å². The van der Waals surface area contributed by atoms with E-state index in [1.807, 2.05) is 42.5 Å². The van der Waals surface area contributed by atoms with Gasteiger partial charge in [-0.15, -0.1) is 5.10 Å². The van der Waals surface area contributed by atoms with Gasteiger partial charge in [0.2, 0.25) is 5.91 Å². The molecule has 0 fully saturated rings. The van der Waals surface area contributed by atoms with Crippen LogP contribution < -0.4 is 15.5 Å². The van der Waals surface area contributed by atoms with Crippen molar-refractivity contribution < 1.29 is 19.2 Å². The minimum atomic E-state index is -0.445. The maximum atomic E-state index is 12.0. The molecule has 3 rings (SSSR count). The Bertz CT molecular complexity index is 1000. The lowest BCUT2D eigenvalue weighted by Gasteiger charge is -2.04. The molecule has 30 heavy (non-hydrogen) atoms. The highest BCUT2D eigenvalue weighted by atomic mass is 16.6. The fraction of sp³-hybridized carbons (Fsp3) is 0.143. The van der Waals surface area contributed by atoms with E-state index in [0.29, 0.717) is 11.4 Å². The van der Waals surface area contributed by atoms with Crippen molar-refractivity contribution in [3.63, 3.8) is 0 Å². The van der Waals surface area contributed by atoms with Gasteiger partial charge in [-0.05, 0) is 35.9 Å². The lowest BCUT2D eigenvalue weighted by molar-refractivity contribution is -0.129. The number of methoxy groups -OCH3 is 1. The van der Waals surface area contributed by atoms with Crippen LogP contribution in [-0.2, 0) is 27.6 Å². The van der Waals surface area contributed by atoms with Gasteiger partial charge in [-0.3, -0.25) is 14.4 Å². The van der Waals surface area contributed by atoms with Gasteiger partial charge in [0.25, 0.3) is 5.91 Å². The van der Waals surface area contributed by atoms with Crippen molar-refractivity contribution in [1.29, 1.82) is 0 Å².